The standard InChI is InChI=1S/C47H65ClN5O9P/c1-4-5-6-7-8-9-10-11-12-13-14-15-16-22-29-55-31-37(56-30-36-23-18-17-19-24-36)32-57-63(54,62-41-26-21-20-25-38(41)48)58-34-47(33-49)44-43(59-46(2,3)61-44)42(60-47)39-27-28-40-45(50)51-35-52-53(39)40/h17-21,23-28,35,37,42-44H,4-16,22,29-32,34H2,1-3H3,(H2,50,51,52)/t37-,42-,43-,44-,47+,63?/m0/s1. The first-order valence-corrected chi connectivity index (χ1v) is 24.5. The van der Waals surface area contributed by atoms with Crippen LogP contribution in [0.4, 0.5) is 5.82 Å². The quantitative estimate of drug-likeness (QED) is 0.0403. The molecule has 0 saturated carbocycles. The number of para-hydroxylation sites is 1. The molecule has 6 atom stereocenters. The number of aromatic nitrogens is 3. The smallest absolute Gasteiger partial charge is 0.402 e. The van der Waals surface area contributed by atoms with Crippen LogP contribution in [0.15, 0.2) is 73.1 Å². The van der Waals surface area contributed by atoms with Gasteiger partial charge in [-0.15, -0.1) is 0 Å². The minimum absolute atomic E-state index is 0.0610. The highest BCUT2D eigenvalue weighted by molar-refractivity contribution is 7.49. The number of halogens is 1. The largest absolute Gasteiger partial charge is 0.530 e. The normalized spacial score (nSPS) is 21.9. The second-order valence-corrected chi connectivity index (χ2v) is 18.9. The third-order valence-corrected chi connectivity index (χ3v) is 13.0. The minimum Gasteiger partial charge on any atom is -0.402 e. The maximum absolute atomic E-state index is 14.8. The van der Waals surface area contributed by atoms with Crippen LogP contribution in [0, 0.1) is 11.3 Å². The number of anilines is 1. The summed E-state index contributed by atoms with van der Waals surface area (Å²) in [5.74, 6) is -0.762. The number of rotatable bonds is 29. The van der Waals surface area contributed by atoms with Gasteiger partial charge in [-0.2, -0.15) is 10.4 Å². The Morgan fingerprint density at radius 3 is 2.21 bits per heavy atom. The van der Waals surface area contributed by atoms with Crippen LogP contribution >= 0.6 is 19.4 Å². The summed E-state index contributed by atoms with van der Waals surface area (Å²) in [5, 5.41) is 15.4. The lowest BCUT2D eigenvalue weighted by Gasteiger charge is -2.30. The zero-order chi connectivity index (χ0) is 44.5. The molecule has 0 aliphatic carbocycles. The number of nitriles is 1. The van der Waals surface area contributed by atoms with E-state index in [9.17, 15) is 9.83 Å². The Morgan fingerprint density at radius 2 is 1.52 bits per heavy atom. The lowest BCUT2D eigenvalue weighted by atomic mass is 9.96. The predicted molar refractivity (Wildman–Crippen MR) is 241 cm³/mol. The van der Waals surface area contributed by atoms with Gasteiger partial charge in [0.1, 0.15) is 54.7 Å². The van der Waals surface area contributed by atoms with Gasteiger partial charge < -0.3 is 33.9 Å². The van der Waals surface area contributed by atoms with Crippen LogP contribution in [0.1, 0.15) is 128 Å². The van der Waals surface area contributed by atoms with Crippen molar-refractivity contribution in [1.82, 2.24) is 14.6 Å². The number of phosphoric acid groups is 1. The van der Waals surface area contributed by atoms with Crippen molar-refractivity contribution in [3.8, 4) is 11.8 Å². The van der Waals surface area contributed by atoms with E-state index < -0.39 is 50.2 Å². The van der Waals surface area contributed by atoms with E-state index in [1.165, 1.54) is 83.4 Å². The van der Waals surface area contributed by atoms with Gasteiger partial charge in [0.15, 0.2) is 11.6 Å². The monoisotopic (exact) mass is 909 g/mol. The Bertz CT molecular complexity index is 2090. The van der Waals surface area contributed by atoms with Crippen LogP contribution in [0.25, 0.3) is 5.52 Å². The first-order chi connectivity index (χ1) is 30.6. The number of benzene rings is 2. The van der Waals surface area contributed by atoms with Gasteiger partial charge in [-0.25, -0.2) is 14.1 Å². The molecule has 2 fully saturated rings. The molecule has 0 amide bonds. The van der Waals surface area contributed by atoms with Crippen molar-refractivity contribution in [2.45, 2.75) is 153 Å². The molecule has 2 N–H and O–H groups in total. The van der Waals surface area contributed by atoms with Crippen molar-refractivity contribution >= 4 is 30.8 Å². The number of nitrogens with zero attached hydrogens (tertiary/aromatic N) is 4. The summed E-state index contributed by atoms with van der Waals surface area (Å²) in [7, 11) is -4.59. The molecule has 2 aliphatic heterocycles. The van der Waals surface area contributed by atoms with E-state index in [-0.39, 0.29) is 36.4 Å². The molecule has 6 rings (SSSR count). The number of nitrogens with two attached hydrogens (primary N) is 1. The second kappa shape index (κ2) is 24.1. The zero-order valence-electron chi connectivity index (χ0n) is 37.0. The van der Waals surface area contributed by atoms with E-state index in [4.69, 9.17) is 54.6 Å². The summed E-state index contributed by atoms with van der Waals surface area (Å²) in [4.78, 5) is 4.08. The third-order valence-electron chi connectivity index (χ3n) is 11.4. The number of hydrogen-bond donors (Lipinski definition) is 1. The molecule has 0 bridgehead atoms. The van der Waals surface area contributed by atoms with E-state index in [1.807, 2.05) is 30.3 Å². The summed E-state index contributed by atoms with van der Waals surface area (Å²) in [6, 6.07) is 22.0. The molecule has 63 heavy (non-hydrogen) atoms. The summed E-state index contributed by atoms with van der Waals surface area (Å²) in [6.45, 7) is 5.92. The fourth-order valence-corrected chi connectivity index (χ4v) is 9.52. The lowest BCUT2D eigenvalue weighted by Crippen LogP contribution is -2.46. The SMILES string of the molecule is CCCCCCCCCCCCCCCCOC[C@@H](COP(=O)(OC[C@@]1(C#N)O[C@@H](c2ccc3c(N)ncnn23)[C@@H]2OC(C)(C)O[C@@H]21)Oc1ccccc1Cl)OCc1ccccc1. The zero-order valence-corrected chi connectivity index (χ0v) is 38.7. The van der Waals surface area contributed by atoms with E-state index >= 15 is 0 Å². The average molecular weight is 910 g/mol. The van der Waals surface area contributed by atoms with Gasteiger partial charge in [-0.1, -0.05) is 144 Å². The molecule has 0 spiro atoms. The first-order valence-electron chi connectivity index (χ1n) is 22.6. The van der Waals surface area contributed by atoms with E-state index in [0.717, 1.165) is 18.4 Å². The summed E-state index contributed by atoms with van der Waals surface area (Å²) in [5.41, 5.74) is 6.34. The van der Waals surface area contributed by atoms with Crippen molar-refractivity contribution in [3.63, 3.8) is 0 Å². The van der Waals surface area contributed by atoms with Gasteiger partial charge in [0, 0.05) is 6.61 Å². The van der Waals surface area contributed by atoms with Crippen molar-refractivity contribution in [1.29, 1.82) is 5.26 Å². The van der Waals surface area contributed by atoms with E-state index in [0.29, 0.717) is 17.8 Å². The minimum atomic E-state index is -4.59. The number of hydrogen-bond acceptors (Lipinski definition) is 13. The van der Waals surface area contributed by atoms with Crippen molar-refractivity contribution < 1.29 is 41.8 Å². The molecule has 16 heteroatoms. The summed E-state index contributed by atoms with van der Waals surface area (Å²) < 4.78 is 66.0. The summed E-state index contributed by atoms with van der Waals surface area (Å²) >= 11 is 6.48. The number of phosphoric ester groups is 1. The van der Waals surface area contributed by atoms with Gasteiger partial charge >= 0.3 is 7.82 Å². The van der Waals surface area contributed by atoms with Crippen LogP contribution < -0.4 is 10.3 Å². The van der Waals surface area contributed by atoms with Crippen LogP contribution in [0.3, 0.4) is 0 Å². The molecule has 2 aromatic carbocycles. The van der Waals surface area contributed by atoms with Crippen LogP contribution in [-0.2, 0) is 43.9 Å². The Kier molecular flexibility index (Phi) is 18.7. The topological polar surface area (TPSA) is 171 Å². The number of nitrogen functional groups attached to an aromatic ring is 1. The highest BCUT2D eigenvalue weighted by atomic mass is 35.5. The molecule has 344 valence electrons. The van der Waals surface area contributed by atoms with Crippen molar-refractivity contribution in [2.75, 3.05) is 32.2 Å². The van der Waals surface area contributed by atoms with Gasteiger partial charge in [0.05, 0.1) is 30.5 Å². The van der Waals surface area contributed by atoms with Gasteiger partial charge in [0.2, 0.25) is 5.60 Å². The van der Waals surface area contributed by atoms with Gasteiger partial charge in [0.25, 0.3) is 0 Å². The second-order valence-electron chi connectivity index (χ2n) is 16.9. The Balaban J connectivity index is 1.08. The maximum Gasteiger partial charge on any atom is 0.530 e. The molecule has 2 saturated heterocycles. The fourth-order valence-electron chi connectivity index (χ4n) is 8.01. The molecule has 2 aromatic heterocycles. The molecule has 4 heterocycles. The average Bonchev–Trinajstić information content (AvgIpc) is 3.95. The lowest BCUT2D eigenvalue weighted by molar-refractivity contribution is -0.204. The fraction of sp³-hybridized carbons (Fsp3) is 0.596. The first kappa shape index (κ1) is 48.8. The highest BCUT2D eigenvalue weighted by Crippen LogP contribution is 2.55. The van der Waals surface area contributed by atoms with E-state index in [1.54, 1.807) is 54.8 Å². The summed E-state index contributed by atoms with van der Waals surface area (Å²) in [6.07, 6.45) is 15.9. The molecular formula is C47H65ClN5O9P. The Labute approximate surface area is 377 Å². The van der Waals surface area contributed by atoms with Crippen LogP contribution in [-0.4, -0.2) is 70.7 Å². The highest BCUT2D eigenvalue weighted by Gasteiger charge is 2.65. The molecular weight excluding hydrogens is 845 g/mol. The number of unbranched alkanes of at least 4 members (excludes halogenated alkanes) is 13. The Morgan fingerprint density at radius 1 is 0.857 bits per heavy atom. The molecule has 2 aliphatic rings. The number of ether oxygens (including phenoxy) is 5. The van der Waals surface area contributed by atoms with E-state index in [2.05, 4.69) is 23.1 Å². The van der Waals surface area contributed by atoms with Crippen molar-refractivity contribution in [2.24, 2.45) is 0 Å². The molecule has 4 aromatic rings. The van der Waals surface area contributed by atoms with Gasteiger partial charge in [-0.3, -0.25) is 9.05 Å². The van der Waals surface area contributed by atoms with Crippen LogP contribution in [0.5, 0.6) is 5.75 Å². The van der Waals surface area contributed by atoms with Gasteiger partial charge in [-0.05, 0) is 50.1 Å². The molecule has 14 nitrogen and oxygen atoms in total. The van der Waals surface area contributed by atoms with Crippen LogP contribution in [0.2, 0.25) is 5.02 Å². The Hall–Kier alpha value is -3.61. The molecule has 0 radical (unpaired) electrons. The predicted octanol–water partition coefficient (Wildman–Crippen LogP) is 11.1. The third kappa shape index (κ3) is 13.9. The molecule has 1 unspecified atom stereocenters. The van der Waals surface area contributed by atoms with Crippen molar-refractivity contribution in [3.05, 3.63) is 89.3 Å². The maximum atomic E-state index is 14.8. The number of fused-ring (bicyclic) bond motifs is 2.